The largest absolute Gasteiger partial charge is 0.464 e. The van der Waals surface area contributed by atoms with E-state index in [1.54, 1.807) is 0 Å². The van der Waals surface area contributed by atoms with Gasteiger partial charge in [-0.25, -0.2) is 4.79 Å². The van der Waals surface area contributed by atoms with Crippen LogP contribution >= 0.6 is 0 Å². The van der Waals surface area contributed by atoms with Gasteiger partial charge in [-0.2, -0.15) is 0 Å². The molecule has 0 heterocycles. The molecule has 0 aromatic rings. The minimum Gasteiger partial charge on any atom is -0.464 e. The van der Waals surface area contributed by atoms with Crippen LogP contribution in [0.3, 0.4) is 0 Å². The third-order valence-corrected chi connectivity index (χ3v) is 4.13. The normalized spacial score (nSPS) is 13.1. The Hall–Kier alpha value is -1.35. The van der Waals surface area contributed by atoms with Gasteiger partial charge in [-0.05, 0) is 51.9 Å². The third kappa shape index (κ3) is 17.8. The van der Waals surface area contributed by atoms with Gasteiger partial charge in [0.15, 0.2) is 6.10 Å². The Bertz CT molecular complexity index is 410. The number of unbranched alkanes of at least 4 members (excludes halogenated alkanes) is 5. The molecule has 0 bridgehead atoms. The lowest BCUT2D eigenvalue weighted by molar-refractivity contribution is -0.157. The first kappa shape index (κ1) is 25.6. The fourth-order valence-corrected chi connectivity index (χ4v) is 2.60. The minimum absolute atomic E-state index is 0.220. The summed E-state index contributed by atoms with van der Waals surface area (Å²) in [7, 11) is 0. The quantitative estimate of drug-likeness (QED) is 0.151. The molecular formula is C24H41O3. The number of hydrogen-bond donors (Lipinski definition) is 0. The molecule has 155 valence electrons. The van der Waals surface area contributed by atoms with Crippen molar-refractivity contribution in [2.24, 2.45) is 0 Å². The van der Waals surface area contributed by atoms with Crippen LogP contribution in [0, 0.1) is 6.92 Å². The molecule has 0 aliphatic rings. The van der Waals surface area contributed by atoms with E-state index in [1.807, 2.05) is 6.92 Å². The molecule has 1 atom stereocenters. The van der Waals surface area contributed by atoms with E-state index in [0.29, 0.717) is 13.2 Å². The van der Waals surface area contributed by atoms with Crippen molar-refractivity contribution in [3.8, 4) is 0 Å². The van der Waals surface area contributed by atoms with E-state index in [4.69, 9.17) is 9.47 Å². The summed E-state index contributed by atoms with van der Waals surface area (Å²) in [6.07, 6.45) is 24.2. The zero-order chi connectivity index (χ0) is 20.0. The molecule has 0 saturated carbocycles. The molecular weight excluding hydrogens is 336 g/mol. The van der Waals surface area contributed by atoms with E-state index in [1.165, 1.54) is 12.8 Å². The van der Waals surface area contributed by atoms with Crippen LogP contribution in [-0.4, -0.2) is 25.3 Å². The van der Waals surface area contributed by atoms with Crippen molar-refractivity contribution in [1.29, 1.82) is 0 Å². The monoisotopic (exact) mass is 377 g/mol. The Kier molecular flexibility index (Phi) is 19.9. The lowest BCUT2D eigenvalue weighted by Crippen LogP contribution is -2.27. The molecule has 0 amide bonds. The van der Waals surface area contributed by atoms with Gasteiger partial charge in [0, 0.05) is 6.61 Å². The van der Waals surface area contributed by atoms with E-state index in [-0.39, 0.29) is 5.97 Å². The Morgan fingerprint density at radius 3 is 2.22 bits per heavy atom. The summed E-state index contributed by atoms with van der Waals surface area (Å²) in [5.41, 5.74) is 0. The van der Waals surface area contributed by atoms with Crippen LogP contribution in [0.1, 0.15) is 84.5 Å². The van der Waals surface area contributed by atoms with Gasteiger partial charge in [0.05, 0.1) is 6.61 Å². The molecule has 0 aliphatic carbocycles. The fraction of sp³-hybridized carbons (Fsp3) is 0.667. The molecule has 0 N–H and O–H groups in total. The van der Waals surface area contributed by atoms with E-state index >= 15 is 0 Å². The molecule has 0 saturated heterocycles. The van der Waals surface area contributed by atoms with Gasteiger partial charge in [0.2, 0.25) is 0 Å². The van der Waals surface area contributed by atoms with Gasteiger partial charge in [0.1, 0.15) is 0 Å². The topological polar surface area (TPSA) is 35.5 Å². The second-order valence-corrected chi connectivity index (χ2v) is 6.60. The van der Waals surface area contributed by atoms with Gasteiger partial charge >= 0.3 is 5.97 Å². The molecule has 3 heteroatoms. The van der Waals surface area contributed by atoms with Gasteiger partial charge < -0.3 is 9.47 Å². The fourth-order valence-electron chi connectivity index (χ4n) is 2.60. The van der Waals surface area contributed by atoms with Crippen molar-refractivity contribution < 1.29 is 14.3 Å². The van der Waals surface area contributed by atoms with Crippen LogP contribution < -0.4 is 0 Å². The number of rotatable bonds is 18. The number of ether oxygens (including phenoxy) is 2. The lowest BCUT2D eigenvalue weighted by atomic mass is 10.1. The SMILES string of the molecule is [CH2]CCCOC(CCCCCCC=CCC=CCC=CCC)C(=O)OCC. The van der Waals surface area contributed by atoms with E-state index < -0.39 is 6.10 Å². The second kappa shape index (κ2) is 21.0. The predicted molar refractivity (Wildman–Crippen MR) is 116 cm³/mol. The van der Waals surface area contributed by atoms with E-state index in [0.717, 1.165) is 57.8 Å². The van der Waals surface area contributed by atoms with Crippen LogP contribution in [-0.2, 0) is 14.3 Å². The summed E-state index contributed by atoms with van der Waals surface area (Å²) in [6.45, 7) is 8.77. The molecule has 0 rings (SSSR count). The summed E-state index contributed by atoms with van der Waals surface area (Å²) in [6, 6.07) is 0. The molecule has 0 aromatic carbocycles. The summed E-state index contributed by atoms with van der Waals surface area (Å²) >= 11 is 0. The number of allylic oxidation sites excluding steroid dienone is 6. The van der Waals surface area contributed by atoms with Crippen LogP contribution in [0.4, 0.5) is 0 Å². The third-order valence-electron chi connectivity index (χ3n) is 4.13. The smallest absolute Gasteiger partial charge is 0.335 e. The maximum atomic E-state index is 11.9. The lowest BCUT2D eigenvalue weighted by Gasteiger charge is -2.16. The molecule has 0 spiro atoms. The van der Waals surface area contributed by atoms with Gasteiger partial charge in [0.25, 0.3) is 0 Å². The summed E-state index contributed by atoms with van der Waals surface area (Å²) < 4.78 is 10.8. The van der Waals surface area contributed by atoms with Gasteiger partial charge in [-0.15, -0.1) is 0 Å². The number of carbonyl (C=O) groups is 1. The van der Waals surface area contributed by atoms with E-state index in [9.17, 15) is 4.79 Å². The van der Waals surface area contributed by atoms with Gasteiger partial charge in [-0.3, -0.25) is 0 Å². The Morgan fingerprint density at radius 2 is 1.56 bits per heavy atom. The van der Waals surface area contributed by atoms with Crippen molar-refractivity contribution in [3.05, 3.63) is 43.4 Å². The molecule has 27 heavy (non-hydrogen) atoms. The number of hydrogen-bond acceptors (Lipinski definition) is 3. The van der Waals surface area contributed by atoms with Crippen molar-refractivity contribution in [3.63, 3.8) is 0 Å². The first-order chi connectivity index (χ1) is 13.3. The zero-order valence-corrected chi connectivity index (χ0v) is 17.7. The molecule has 1 unspecified atom stereocenters. The maximum Gasteiger partial charge on any atom is 0.335 e. The van der Waals surface area contributed by atoms with Crippen LogP contribution in [0.2, 0.25) is 0 Å². The standard InChI is InChI=1S/C24H41O3/c1-4-7-9-10-11-12-13-14-15-16-17-18-19-20-21-23(24(25)26-6-3)27-22-8-5-2/h7,9,11-12,14-15,23H,2,4-6,8,10,13,16-22H2,1,3H3. The summed E-state index contributed by atoms with van der Waals surface area (Å²) in [4.78, 5) is 11.9. The minimum atomic E-state index is -0.407. The highest BCUT2D eigenvalue weighted by atomic mass is 16.6. The first-order valence-corrected chi connectivity index (χ1v) is 10.8. The van der Waals surface area contributed by atoms with Crippen LogP contribution in [0.25, 0.3) is 0 Å². The number of esters is 1. The van der Waals surface area contributed by atoms with Crippen LogP contribution in [0.15, 0.2) is 36.5 Å². The highest BCUT2D eigenvalue weighted by Gasteiger charge is 2.19. The molecule has 1 radical (unpaired) electrons. The Labute approximate surface area is 167 Å². The summed E-state index contributed by atoms with van der Waals surface area (Å²) in [5, 5.41) is 0. The molecule has 0 fully saturated rings. The second-order valence-electron chi connectivity index (χ2n) is 6.60. The van der Waals surface area contributed by atoms with Crippen molar-refractivity contribution in [2.45, 2.75) is 90.6 Å². The highest BCUT2D eigenvalue weighted by Crippen LogP contribution is 2.12. The molecule has 0 aromatic heterocycles. The van der Waals surface area contributed by atoms with Crippen LogP contribution in [0.5, 0.6) is 0 Å². The number of carbonyl (C=O) groups excluding carboxylic acids is 1. The maximum absolute atomic E-state index is 11.9. The summed E-state index contributed by atoms with van der Waals surface area (Å²) in [5.74, 6) is -0.220. The van der Waals surface area contributed by atoms with Crippen molar-refractivity contribution in [2.75, 3.05) is 13.2 Å². The predicted octanol–water partition coefficient (Wildman–Crippen LogP) is 6.75. The zero-order valence-electron chi connectivity index (χ0n) is 17.7. The average Bonchev–Trinajstić information content (AvgIpc) is 2.67. The Morgan fingerprint density at radius 1 is 0.889 bits per heavy atom. The van der Waals surface area contributed by atoms with Crippen molar-refractivity contribution >= 4 is 5.97 Å². The highest BCUT2D eigenvalue weighted by molar-refractivity contribution is 5.74. The first-order valence-electron chi connectivity index (χ1n) is 10.8. The Balaban J connectivity index is 3.71. The van der Waals surface area contributed by atoms with E-state index in [2.05, 4.69) is 50.3 Å². The molecule has 0 aliphatic heterocycles. The van der Waals surface area contributed by atoms with Gasteiger partial charge in [-0.1, -0.05) is 76.0 Å². The average molecular weight is 378 g/mol. The van der Waals surface area contributed by atoms with Crippen molar-refractivity contribution in [1.82, 2.24) is 0 Å². The molecule has 3 nitrogen and oxygen atoms in total.